The second-order valence-electron chi connectivity index (χ2n) is 4.42. The zero-order chi connectivity index (χ0) is 16.3. The Hall–Kier alpha value is -2.41. The van der Waals surface area contributed by atoms with Crippen LogP contribution in [-0.2, 0) is 14.9 Å². The molecular weight excluding hydrogens is 311 g/mol. The molecule has 0 fully saturated rings. The number of hydrogen-bond donors (Lipinski definition) is 0. The standard InChI is InChI=1S/C15H13FO5S/c1-10-13(15(17)20-2)7-4-8-14(10)22(18,19)21-12-6-3-5-11(16)9-12/h3-9H,1-2H3. The van der Waals surface area contributed by atoms with E-state index in [0.717, 1.165) is 6.07 Å². The SMILES string of the molecule is COC(=O)c1cccc(S(=O)(=O)Oc2cccc(F)c2)c1C. The normalized spacial score (nSPS) is 11.0. The lowest BCUT2D eigenvalue weighted by Crippen LogP contribution is -2.14. The van der Waals surface area contributed by atoms with Gasteiger partial charge in [0.2, 0.25) is 0 Å². The van der Waals surface area contributed by atoms with Crippen LogP contribution in [0.1, 0.15) is 15.9 Å². The fourth-order valence-electron chi connectivity index (χ4n) is 1.91. The minimum Gasteiger partial charge on any atom is -0.465 e. The van der Waals surface area contributed by atoms with Crippen molar-refractivity contribution in [3.05, 3.63) is 59.4 Å². The highest BCUT2D eigenvalue weighted by molar-refractivity contribution is 7.87. The molecule has 0 saturated carbocycles. The van der Waals surface area contributed by atoms with E-state index in [9.17, 15) is 17.6 Å². The topological polar surface area (TPSA) is 69.7 Å². The first-order valence-electron chi connectivity index (χ1n) is 6.23. The quantitative estimate of drug-likeness (QED) is 0.639. The molecule has 2 rings (SSSR count). The molecule has 0 radical (unpaired) electrons. The molecule has 0 spiro atoms. The van der Waals surface area contributed by atoms with Gasteiger partial charge in [-0.05, 0) is 36.8 Å². The maximum atomic E-state index is 13.1. The van der Waals surface area contributed by atoms with Gasteiger partial charge in [0.1, 0.15) is 16.5 Å². The Labute approximate surface area is 127 Å². The summed E-state index contributed by atoms with van der Waals surface area (Å²) in [6, 6.07) is 8.93. The summed E-state index contributed by atoms with van der Waals surface area (Å²) < 4.78 is 47.2. The van der Waals surface area contributed by atoms with Gasteiger partial charge in [-0.3, -0.25) is 0 Å². The van der Waals surface area contributed by atoms with Crippen molar-refractivity contribution in [1.29, 1.82) is 0 Å². The lowest BCUT2D eigenvalue weighted by molar-refractivity contribution is 0.0599. The van der Waals surface area contributed by atoms with E-state index in [1.807, 2.05) is 0 Å². The third-order valence-corrected chi connectivity index (χ3v) is 4.35. The van der Waals surface area contributed by atoms with Crippen molar-refractivity contribution in [2.75, 3.05) is 7.11 Å². The van der Waals surface area contributed by atoms with E-state index in [2.05, 4.69) is 4.74 Å². The highest BCUT2D eigenvalue weighted by Gasteiger charge is 2.23. The van der Waals surface area contributed by atoms with Crippen molar-refractivity contribution in [3.63, 3.8) is 0 Å². The maximum absolute atomic E-state index is 13.1. The number of halogens is 1. The Bertz CT molecular complexity index is 814. The largest absolute Gasteiger partial charge is 0.465 e. The van der Waals surface area contributed by atoms with Gasteiger partial charge in [0, 0.05) is 6.07 Å². The summed E-state index contributed by atoms with van der Waals surface area (Å²) >= 11 is 0. The smallest absolute Gasteiger partial charge is 0.339 e. The van der Waals surface area contributed by atoms with Crippen LogP contribution >= 0.6 is 0 Å². The Balaban J connectivity index is 2.44. The van der Waals surface area contributed by atoms with Crippen molar-refractivity contribution in [2.24, 2.45) is 0 Å². The molecular formula is C15H13FO5S. The van der Waals surface area contributed by atoms with Crippen LogP contribution in [0.5, 0.6) is 5.75 Å². The van der Waals surface area contributed by atoms with Gasteiger partial charge in [0.25, 0.3) is 0 Å². The van der Waals surface area contributed by atoms with Gasteiger partial charge < -0.3 is 8.92 Å². The molecule has 0 heterocycles. The third kappa shape index (κ3) is 3.25. The van der Waals surface area contributed by atoms with E-state index in [-0.39, 0.29) is 21.8 Å². The van der Waals surface area contributed by atoms with Crippen LogP contribution in [0.3, 0.4) is 0 Å². The van der Waals surface area contributed by atoms with E-state index in [4.69, 9.17) is 4.18 Å². The van der Waals surface area contributed by atoms with Gasteiger partial charge >= 0.3 is 16.1 Å². The van der Waals surface area contributed by atoms with Crippen LogP contribution in [0, 0.1) is 12.7 Å². The zero-order valence-corrected chi connectivity index (χ0v) is 12.7. The molecule has 5 nitrogen and oxygen atoms in total. The fourth-order valence-corrected chi connectivity index (χ4v) is 3.08. The van der Waals surface area contributed by atoms with Gasteiger partial charge in [0.05, 0.1) is 12.7 Å². The molecule has 0 bridgehead atoms. The van der Waals surface area contributed by atoms with Crippen molar-refractivity contribution in [3.8, 4) is 5.75 Å². The molecule has 116 valence electrons. The third-order valence-electron chi connectivity index (χ3n) is 2.96. The summed E-state index contributed by atoms with van der Waals surface area (Å²) in [6.07, 6.45) is 0. The molecule has 0 aliphatic rings. The molecule has 0 saturated heterocycles. The number of carbonyl (C=O) groups is 1. The average Bonchev–Trinajstić information content (AvgIpc) is 2.46. The Kier molecular flexibility index (Phi) is 4.46. The van der Waals surface area contributed by atoms with Crippen molar-refractivity contribution >= 4 is 16.1 Å². The van der Waals surface area contributed by atoms with Crippen LogP contribution < -0.4 is 4.18 Å². The molecule has 0 atom stereocenters. The molecule has 22 heavy (non-hydrogen) atoms. The van der Waals surface area contributed by atoms with Crippen molar-refractivity contribution < 1.29 is 26.5 Å². The van der Waals surface area contributed by atoms with Crippen LogP contribution in [0.2, 0.25) is 0 Å². The first-order valence-corrected chi connectivity index (χ1v) is 7.64. The highest BCUT2D eigenvalue weighted by atomic mass is 32.2. The number of esters is 1. The zero-order valence-electron chi connectivity index (χ0n) is 11.9. The predicted octanol–water partition coefficient (Wildman–Crippen LogP) is 2.69. The minimum absolute atomic E-state index is 0.117. The molecule has 0 aromatic heterocycles. The van der Waals surface area contributed by atoms with Crippen molar-refractivity contribution in [2.45, 2.75) is 11.8 Å². The molecule has 0 unspecified atom stereocenters. The van der Waals surface area contributed by atoms with Gasteiger partial charge in [0.15, 0.2) is 0 Å². The lowest BCUT2D eigenvalue weighted by atomic mass is 10.1. The second-order valence-corrected chi connectivity index (χ2v) is 5.93. The number of rotatable bonds is 4. The van der Waals surface area contributed by atoms with Crippen LogP contribution in [-0.4, -0.2) is 21.5 Å². The summed E-state index contributed by atoms with van der Waals surface area (Å²) in [6.45, 7) is 1.47. The van der Waals surface area contributed by atoms with Crippen LogP contribution in [0.25, 0.3) is 0 Å². The van der Waals surface area contributed by atoms with E-state index in [1.165, 1.54) is 50.4 Å². The van der Waals surface area contributed by atoms with Gasteiger partial charge in [-0.1, -0.05) is 12.1 Å². The number of benzene rings is 2. The number of hydrogen-bond acceptors (Lipinski definition) is 5. The van der Waals surface area contributed by atoms with E-state index in [1.54, 1.807) is 0 Å². The average molecular weight is 324 g/mol. The molecule has 0 N–H and O–H groups in total. The molecule has 0 aliphatic carbocycles. The van der Waals surface area contributed by atoms with E-state index < -0.39 is 21.9 Å². The molecule has 2 aromatic rings. The Morgan fingerprint density at radius 3 is 2.45 bits per heavy atom. The summed E-state index contributed by atoms with van der Waals surface area (Å²) in [5.74, 6) is -1.42. The second kappa shape index (κ2) is 6.15. The molecule has 7 heteroatoms. The van der Waals surface area contributed by atoms with E-state index >= 15 is 0 Å². The maximum Gasteiger partial charge on any atom is 0.339 e. The van der Waals surface area contributed by atoms with E-state index in [0.29, 0.717) is 0 Å². The van der Waals surface area contributed by atoms with Gasteiger partial charge in [-0.15, -0.1) is 0 Å². The molecule has 0 amide bonds. The summed E-state index contributed by atoms with van der Waals surface area (Å²) in [5.41, 5.74) is 0.317. The van der Waals surface area contributed by atoms with Gasteiger partial charge in [-0.25, -0.2) is 9.18 Å². The summed E-state index contributed by atoms with van der Waals surface area (Å²) in [5, 5.41) is 0. The van der Waals surface area contributed by atoms with Crippen LogP contribution in [0.4, 0.5) is 4.39 Å². The first kappa shape index (κ1) is 16.0. The first-order chi connectivity index (χ1) is 10.3. The predicted molar refractivity (Wildman–Crippen MR) is 76.7 cm³/mol. The monoisotopic (exact) mass is 324 g/mol. The fraction of sp³-hybridized carbons (Fsp3) is 0.133. The number of methoxy groups -OCH3 is 1. The van der Waals surface area contributed by atoms with Crippen molar-refractivity contribution in [1.82, 2.24) is 0 Å². The van der Waals surface area contributed by atoms with Gasteiger partial charge in [-0.2, -0.15) is 8.42 Å². The highest BCUT2D eigenvalue weighted by Crippen LogP contribution is 2.24. The van der Waals surface area contributed by atoms with Crippen LogP contribution in [0.15, 0.2) is 47.4 Å². The molecule has 2 aromatic carbocycles. The Morgan fingerprint density at radius 2 is 1.82 bits per heavy atom. The summed E-state index contributed by atoms with van der Waals surface area (Å²) in [4.78, 5) is 11.4. The minimum atomic E-state index is -4.20. The number of carbonyl (C=O) groups excluding carboxylic acids is 1. The molecule has 0 aliphatic heterocycles. The Morgan fingerprint density at radius 1 is 1.14 bits per heavy atom. The summed E-state index contributed by atoms with van der Waals surface area (Å²) in [7, 11) is -3.00. The lowest BCUT2D eigenvalue weighted by Gasteiger charge is -2.11. The number of ether oxygens (including phenoxy) is 1.